The van der Waals surface area contributed by atoms with E-state index in [1.54, 1.807) is 6.07 Å². The molecule has 0 aliphatic carbocycles. The first-order chi connectivity index (χ1) is 8.98. The topological polar surface area (TPSA) is 36.6 Å². The van der Waals surface area contributed by atoms with Gasteiger partial charge in [-0.05, 0) is 51.1 Å². The number of piperidine rings is 1. The molecular formula is C15H18ClNO2. The second kappa shape index (κ2) is 4.51. The summed E-state index contributed by atoms with van der Waals surface area (Å²) in [6.07, 6.45) is 1.39. The highest BCUT2D eigenvalue weighted by atomic mass is 35.5. The van der Waals surface area contributed by atoms with Crippen molar-refractivity contribution in [2.45, 2.75) is 31.4 Å². The first-order valence-electron chi connectivity index (χ1n) is 6.60. The summed E-state index contributed by atoms with van der Waals surface area (Å²) in [6, 6.07) is 7.78. The highest BCUT2D eigenvalue weighted by molar-refractivity contribution is 6.31. The Morgan fingerprint density at radius 1 is 1.42 bits per heavy atom. The predicted molar refractivity (Wildman–Crippen MR) is 76.4 cm³/mol. The van der Waals surface area contributed by atoms with Crippen LogP contribution in [0, 0.1) is 0 Å². The van der Waals surface area contributed by atoms with Crippen LogP contribution in [0.4, 0.5) is 0 Å². The van der Waals surface area contributed by atoms with Crippen LogP contribution in [0.2, 0.25) is 5.02 Å². The van der Waals surface area contributed by atoms with E-state index in [0.29, 0.717) is 29.7 Å². The average molecular weight is 280 g/mol. The minimum absolute atomic E-state index is 0.343. The lowest BCUT2D eigenvalue weighted by molar-refractivity contribution is -0.0549. The Bertz CT molecular complexity index is 609. The van der Waals surface area contributed by atoms with E-state index >= 15 is 0 Å². The minimum atomic E-state index is -0.864. The van der Waals surface area contributed by atoms with E-state index < -0.39 is 5.60 Å². The molecule has 3 rings (SSSR count). The van der Waals surface area contributed by atoms with E-state index in [0.717, 1.165) is 17.5 Å². The number of rotatable bonds is 1. The van der Waals surface area contributed by atoms with Gasteiger partial charge in [0, 0.05) is 23.0 Å². The van der Waals surface area contributed by atoms with Gasteiger partial charge in [0.25, 0.3) is 0 Å². The van der Waals surface area contributed by atoms with Crippen LogP contribution in [-0.4, -0.2) is 29.6 Å². The van der Waals surface area contributed by atoms with E-state index in [2.05, 4.69) is 18.9 Å². The number of fused-ring (bicyclic) bond motifs is 1. The summed E-state index contributed by atoms with van der Waals surface area (Å²) in [5, 5.41) is 12.5. The normalized spacial score (nSPS) is 28.9. The number of aliphatic hydroxyl groups is 1. The number of halogens is 1. The Labute approximate surface area is 117 Å². The third kappa shape index (κ3) is 2.27. The molecule has 2 atom stereocenters. The number of likely N-dealkylation sites (tertiary alicyclic amines) is 1. The van der Waals surface area contributed by atoms with Crippen molar-refractivity contribution in [1.29, 1.82) is 0 Å². The molecule has 3 nitrogen and oxygen atoms in total. The Morgan fingerprint density at radius 2 is 2.21 bits per heavy atom. The fourth-order valence-corrected chi connectivity index (χ4v) is 2.98. The molecule has 2 aromatic rings. The summed E-state index contributed by atoms with van der Waals surface area (Å²) in [5.41, 5.74) is -0.0864. The summed E-state index contributed by atoms with van der Waals surface area (Å²) >= 11 is 5.98. The predicted octanol–water partition coefficient (Wildman–Crippen LogP) is 3.39. The third-order valence-corrected chi connectivity index (χ3v) is 4.44. The number of nitrogens with zero attached hydrogens (tertiary/aromatic N) is 1. The molecule has 1 aliphatic heterocycles. The van der Waals surface area contributed by atoms with Crippen LogP contribution in [0.5, 0.6) is 0 Å². The highest BCUT2D eigenvalue weighted by Crippen LogP contribution is 2.38. The van der Waals surface area contributed by atoms with Crippen molar-refractivity contribution >= 4 is 22.6 Å². The molecular weight excluding hydrogens is 262 g/mol. The van der Waals surface area contributed by atoms with E-state index in [1.165, 1.54) is 0 Å². The fraction of sp³-hybridized carbons (Fsp3) is 0.467. The van der Waals surface area contributed by atoms with Crippen LogP contribution in [0.15, 0.2) is 28.7 Å². The summed E-state index contributed by atoms with van der Waals surface area (Å²) in [5.74, 6) is 0.657. The lowest BCUT2D eigenvalue weighted by atomic mass is 9.85. The molecule has 2 unspecified atom stereocenters. The molecule has 2 heterocycles. The molecule has 1 aromatic heterocycles. The monoisotopic (exact) mass is 279 g/mol. The largest absolute Gasteiger partial charge is 0.458 e. The molecule has 19 heavy (non-hydrogen) atoms. The van der Waals surface area contributed by atoms with Gasteiger partial charge in [-0.15, -0.1) is 0 Å². The van der Waals surface area contributed by atoms with Gasteiger partial charge in [0.15, 0.2) is 0 Å². The molecule has 0 spiro atoms. The zero-order chi connectivity index (χ0) is 13.6. The van der Waals surface area contributed by atoms with Gasteiger partial charge in [0.1, 0.15) is 16.9 Å². The second-order valence-electron chi connectivity index (χ2n) is 5.61. The van der Waals surface area contributed by atoms with Gasteiger partial charge < -0.3 is 14.4 Å². The lowest BCUT2D eigenvalue weighted by Gasteiger charge is -2.39. The minimum Gasteiger partial charge on any atom is -0.458 e. The van der Waals surface area contributed by atoms with Crippen LogP contribution in [0.3, 0.4) is 0 Å². The van der Waals surface area contributed by atoms with Crippen LogP contribution >= 0.6 is 11.6 Å². The molecule has 1 saturated heterocycles. The molecule has 1 aliphatic rings. The molecule has 0 amide bonds. The maximum Gasteiger partial charge on any atom is 0.137 e. The number of hydrogen-bond acceptors (Lipinski definition) is 3. The standard InChI is InChI=1S/C15H18ClNO2/c1-10-9-15(18,5-6-17(10)2)14-8-11-7-12(16)3-4-13(11)19-14/h3-4,7-8,10,18H,5-6,9H2,1-2H3. The van der Waals surface area contributed by atoms with E-state index in [9.17, 15) is 5.11 Å². The van der Waals surface area contributed by atoms with Crippen LogP contribution in [0.1, 0.15) is 25.5 Å². The SMILES string of the molecule is CC1CC(O)(c2cc3cc(Cl)ccc3o2)CCN1C. The van der Waals surface area contributed by atoms with Gasteiger partial charge in [-0.2, -0.15) is 0 Å². The Kier molecular flexibility index (Phi) is 3.08. The quantitative estimate of drug-likeness (QED) is 0.869. The zero-order valence-corrected chi connectivity index (χ0v) is 11.9. The van der Waals surface area contributed by atoms with Crippen molar-refractivity contribution in [3.63, 3.8) is 0 Å². The molecule has 1 fully saturated rings. The first-order valence-corrected chi connectivity index (χ1v) is 6.98. The molecule has 102 valence electrons. The first kappa shape index (κ1) is 13.0. The molecule has 1 N–H and O–H groups in total. The Hall–Kier alpha value is -1.03. The van der Waals surface area contributed by atoms with Crippen molar-refractivity contribution < 1.29 is 9.52 Å². The summed E-state index contributed by atoms with van der Waals surface area (Å²) in [7, 11) is 2.09. The van der Waals surface area contributed by atoms with E-state index in [1.807, 2.05) is 18.2 Å². The Balaban J connectivity index is 1.99. The summed E-state index contributed by atoms with van der Waals surface area (Å²) in [4.78, 5) is 2.26. The zero-order valence-electron chi connectivity index (χ0n) is 11.2. The third-order valence-electron chi connectivity index (χ3n) is 4.20. The van der Waals surface area contributed by atoms with Gasteiger partial charge in [0.05, 0.1) is 0 Å². The van der Waals surface area contributed by atoms with Gasteiger partial charge >= 0.3 is 0 Å². The molecule has 1 aromatic carbocycles. The molecule has 0 bridgehead atoms. The van der Waals surface area contributed by atoms with Gasteiger partial charge in [-0.25, -0.2) is 0 Å². The smallest absolute Gasteiger partial charge is 0.137 e. The van der Waals surface area contributed by atoms with E-state index in [4.69, 9.17) is 16.0 Å². The maximum absolute atomic E-state index is 10.8. The summed E-state index contributed by atoms with van der Waals surface area (Å²) in [6.45, 7) is 3.00. The molecule has 0 saturated carbocycles. The highest BCUT2D eigenvalue weighted by Gasteiger charge is 2.39. The number of furan rings is 1. The van der Waals surface area contributed by atoms with Gasteiger partial charge in [-0.3, -0.25) is 0 Å². The van der Waals surface area contributed by atoms with Crippen molar-refractivity contribution in [3.05, 3.63) is 35.0 Å². The maximum atomic E-state index is 10.8. The second-order valence-corrected chi connectivity index (χ2v) is 6.04. The van der Waals surface area contributed by atoms with Crippen LogP contribution in [-0.2, 0) is 5.60 Å². The molecule has 4 heteroatoms. The van der Waals surface area contributed by atoms with Gasteiger partial charge in [-0.1, -0.05) is 11.6 Å². The van der Waals surface area contributed by atoms with Crippen molar-refractivity contribution in [2.75, 3.05) is 13.6 Å². The Morgan fingerprint density at radius 3 is 2.95 bits per heavy atom. The number of hydrogen-bond donors (Lipinski definition) is 1. The van der Waals surface area contributed by atoms with Crippen molar-refractivity contribution in [1.82, 2.24) is 4.90 Å². The average Bonchev–Trinajstić information content (AvgIpc) is 2.78. The van der Waals surface area contributed by atoms with E-state index in [-0.39, 0.29) is 0 Å². The summed E-state index contributed by atoms with van der Waals surface area (Å²) < 4.78 is 5.82. The van der Waals surface area contributed by atoms with Crippen molar-refractivity contribution in [3.8, 4) is 0 Å². The van der Waals surface area contributed by atoms with Gasteiger partial charge in [0.2, 0.25) is 0 Å². The van der Waals surface area contributed by atoms with Crippen LogP contribution in [0.25, 0.3) is 11.0 Å². The molecule has 0 radical (unpaired) electrons. The lowest BCUT2D eigenvalue weighted by Crippen LogP contribution is -2.45. The number of benzene rings is 1. The fourth-order valence-electron chi connectivity index (χ4n) is 2.80. The van der Waals surface area contributed by atoms with Crippen LogP contribution < -0.4 is 0 Å². The van der Waals surface area contributed by atoms with Crippen molar-refractivity contribution in [2.24, 2.45) is 0 Å².